The molecule has 3 heterocycles. The van der Waals surface area contributed by atoms with Gasteiger partial charge in [-0.25, -0.2) is 9.78 Å². The van der Waals surface area contributed by atoms with E-state index >= 15 is 0 Å². The minimum Gasteiger partial charge on any atom is -0.493 e. The van der Waals surface area contributed by atoms with Crippen molar-refractivity contribution in [1.29, 1.82) is 0 Å². The highest BCUT2D eigenvalue weighted by Crippen LogP contribution is 2.45. The molecule has 0 saturated carbocycles. The van der Waals surface area contributed by atoms with Crippen LogP contribution < -0.4 is 4.74 Å². The molecule has 0 unspecified atom stereocenters. The second kappa shape index (κ2) is 12.8. The lowest BCUT2D eigenvalue weighted by atomic mass is 9.92. The number of alkyl halides is 3. The van der Waals surface area contributed by atoms with Gasteiger partial charge in [0.1, 0.15) is 22.7 Å². The highest BCUT2D eigenvalue weighted by molar-refractivity contribution is 5.79. The summed E-state index contributed by atoms with van der Waals surface area (Å²) in [6, 6.07) is 9.52. The molecule has 2 aliphatic heterocycles. The molecular weight excluding hydrogens is 575 g/mol. The van der Waals surface area contributed by atoms with Crippen LogP contribution >= 0.6 is 0 Å². The van der Waals surface area contributed by atoms with Crippen LogP contribution in [0.5, 0.6) is 5.75 Å². The molecule has 0 atom stereocenters. The van der Waals surface area contributed by atoms with Crippen LogP contribution in [-0.2, 0) is 23.9 Å². The van der Waals surface area contributed by atoms with Crippen LogP contribution in [0.1, 0.15) is 62.6 Å². The van der Waals surface area contributed by atoms with Crippen molar-refractivity contribution in [2.75, 3.05) is 32.8 Å². The molecule has 3 aromatic rings. The monoisotopic (exact) mass is 615 g/mol. The third-order valence-corrected chi connectivity index (χ3v) is 7.98. The number of fused-ring (bicyclic) bond motifs is 1. The topological polar surface area (TPSA) is 88.3 Å². The first-order valence-corrected chi connectivity index (χ1v) is 15.1. The quantitative estimate of drug-likeness (QED) is 0.291. The standard InChI is InChI=1S/C33H40F3N3O5/c1-21-23(8-5-9-24(21)30-37-26-14-18-39(20-28(26)43-30)31(41)44-32(2,3)4)25-10-6-11-27(29(25)33(34,35)36)42-19-7-15-38-16-12-22(40)13-17-38/h5-6,8-11,22,40H,7,12-20H2,1-4H3. The first kappa shape index (κ1) is 31.8. The van der Waals surface area contributed by atoms with Gasteiger partial charge in [0.05, 0.1) is 24.9 Å². The lowest BCUT2D eigenvalue weighted by Gasteiger charge is -2.29. The number of amides is 1. The van der Waals surface area contributed by atoms with Gasteiger partial charge in [0.15, 0.2) is 0 Å². The van der Waals surface area contributed by atoms with Crippen LogP contribution in [-0.4, -0.2) is 70.5 Å². The Labute approximate surface area is 255 Å². The molecule has 0 aliphatic carbocycles. The van der Waals surface area contributed by atoms with Gasteiger partial charge in [-0.1, -0.05) is 24.3 Å². The zero-order valence-electron chi connectivity index (χ0n) is 25.7. The Morgan fingerprint density at radius 1 is 1.05 bits per heavy atom. The van der Waals surface area contributed by atoms with Crippen LogP contribution in [0.4, 0.5) is 18.0 Å². The number of likely N-dealkylation sites (tertiary alicyclic amines) is 1. The summed E-state index contributed by atoms with van der Waals surface area (Å²) in [5, 5.41) is 9.69. The Hall–Kier alpha value is -3.57. The van der Waals surface area contributed by atoms with E-state index in [-0.39, 0.29) is 30.6 Å². The predicted molar refractivity (Wildman–Crippen MR) is 159 cm³/mol. The number of carbonyl (C=O) groups excluding carboxylic acids is 1. The maximum Gasteiger partial charge on any atom is 0.420 e. The molecule has 1 aromatic heterocycles. The summed E-state index contributed by atoms with van der Waals surface area (Å²) < 4.78 is 61.0. The van der Waals surface area contributed by atoms with E-state index < -0.39 is 23.4 Å². The SMILES string of the molecule is Cc1c(-c2nc3c(o2)CN(C(=O)OC(C)(C)C)CC3)cccc1-c1cccc(OCCCN2CCC(O)CC2)c1C(F)(F)F. The van der Waals surface area contributed by atoms with E-state index in [1.54, 1.807) is 56.9 Å². The van der Waals surface area contributed by atoms with Gasteiger partial charge < -0.3 is 28.8 Å². The number of aliphatic hydroxyl groups is 1. The van der Waals surface area contributed by atoms with Crippen molar-refractivity contribution >= 4 is 6.09 Å². The van der Waals surface area contributed by atoms with Crippen LogP contribution in [0.3, 0.4) is 0 Å². The van der Waals surface area contributed by atoms with Gasteiger partial charge >= 0.3 is 12.3 Å². The molecule has 2 aliphatic rings. The van der Waals surface area contributed by atoms with Gasteiger partial charge in [0, 0.05) is 38.2 Å². The second-order valence-electron chi connectivity index (χ2n) is 12.5. The summed E-state index contributed by atoms with van der Waals surface area (Å²) >= 11 is 0. The molecule has 0 spiro atoms. The molecule has 1 N–H and O–H groups in total. The van der Waals surface area contributed by atoms with Crippen LogP contribution in [0.2, 0.25) is 0 Å². The molecular formula is C33H40F3N3O5. The Kier molecular flexibility index (Phi) is 9.27. The summed E-state index contributed by atoms with van der Waals surface area (Å²) in [7, 11) is 0. The number of benzene rings is 2. The number of piperidine rings is 1. The Bertz CT molecular complexity index is 1470. The molecule has 0 bridgehead atoms. The van der Waals surface area contributed by atoms with Crippen LogP contribution in [0.25, 0.3) is 22.6 Å². The highest BCUT2D eigenvalue weighted by atomic mass is 19.4. The summed E-state index contributed by atoms with van der Waals surface area (Å²) in [5.41, 5.74) is 0.859. The molecule has 11 heteroatoms. The number of aromatic nitrogens is 1. The average molecular weight is 616 g/mol. The number of halogens is 3. The molecule has 5 rings (SSSR count). The molecule has 1 fully saturated rings. The van der Waals surface area contributed by atoms with E-state index in [9.17, 15) is 23.1 Å². The highest BCUT2D eigenvalue weighted by Gasteiger charge is 2.38. The van der Waals surface area contributed by atoms with Gasteiger partial charge in [-0.15, -0.1) is 0 Å². The van der Waals surface area contributed by atoms with Gasteiger partial charge in [-0.05, 0) is 75.8 Å². The summed E-state index contributed by atoms with van der Waals surface area (Å²) in [4.78, 5) is 21.0. The third kappa shape index (κ3) is 7.38. The van der Waals surface area contributed by atoms with Gasteiger partial charge in [0.2, 0.25) is 5.89 Å². The minimum absolute atomic E-state index is 0.0202. The first-order chi connectivity index (χ1) is 20.8. The summed E-state index contributed by atoms with van der Waals surface area (Å²) in [6.07, 6.45) is -2.89. The average Bonchev–Trinajstić information content (AvgIpc) is 3.38. The van der Waals surface area contributed by atoms with Crippen molar-refractivity contribution in [2.45, 2.75) is 77.8 Å². The number of rotatable bonds is 7. The predicted octanol–water partition coefficient (Wildman–Crippen LogP) is 6.85. The van der Waals surface area contributed by atoms with Gasteiger partial charge in [0.25, 0.3) is 0 Å². The Balaban J connectivity index is 1.37. The maximum atomic E-state index is 14.6. The van der Waals surface area contributed by atoms with Crippen LogP contribution in [0.15, 0.2) is 40.8 Å². The van der Waals surface area contributed by atoms with E-state index in [0.717, 1.165) is 18.8 Å². The number of carbonyl (C=O) groups is 1. The molecule has 1 amide bonds. The van der Waals surface area contributed by atoms with E-state index in [1.165, 1.54) is 12.1 Å². The van der Waals surface area contributed by atoms with Crippen molar-refractivity contribution in [3.05, 3.63) is 59.0 Å². The van der Waals surface area contributed by atoms with Crippen molar-refractivity contribution in [2.24, 2.45) is 0 Å². The minimum atomic E-state index is -4.65. The first-order valence-electron chi connectivity index (χ1n) is 15.1. The smallest absolute Gasteiger partial charge is 0.420 e. The molecule has 2 aromatic carbocycles. The zero-order valence-corrected chi connectivity index (χ0v) is 25.7. The van der Waals surface area contributed by atoms with E-state index in [0.29, 0.717) is 67.1 Å². The Morgan fingerprint density at radius 2 is 1.73 bits per heavy atom. The number of hydrogen-bond acceptors (Lipinski definition) is 7. The summed E-state index contributed by atoms with van der Waals surface area (Å²) in [5.74, 6) is 0.628. The van der Waals surface area contributed by atoms with Crippen molar-refractivity contribution < 1.29 is 37.0 Å². The lowest BCUT2D eigenvalue weighted by Crippen LogP contribution is -2.39. The fourth-order valence-corrected chi connectivity index (χ4v) is 5.73. The zero-order chi connectivity index (χ0) is 31.6. The van der Waals surface area contributed by atoms with Crippen LogP contribution in [0, 0.1) is 6.92 Å². The molecule has 1 saturated heterocycles. The normalized spacial score (nSPS) is 16.6. The largest absolute Gasteiger partial charge is 0.493 e. The summed E-state index contributed by atoms with van der Waals surface area (Å²) in [6.45, 7) is 10.2. The third-order valence-electron chi connectivity index (χ3n) is 7.98. The molecule has 44 heavy (non-hydrogen) atoms. The lowest BCUT2D eigenvalue weighted by molar-refractivity contribution is -0.138. The van der Waals surface area contributed by atoms with E-state index in [2.05, 4.69) is 9.88 Å². The fourth-order valence-electron chi connectivity index (χ4n) is 5.73. The number of ether oxygens (including phenoxy) is 2. The van der Waals surface area contributed by atoms with Gasteiger partial charge in [-0.2, -0.15) is 13.2 Å². The van der Waals surface area contributed by atoms with Crippen molar-refractivity contribution in [3.8, 4) is 28.3 Å². The van der Waals surface area contributed by atoms with E-state index in [1.807, 2.05) is 0 Å². The van der Waals surface area contributed by atoms with Crippen molar-refractivity contribution in [1.82, 2.24) is 14.8 Å². The number of nitrogens with zero attached hydrogens (tertiary/aromatic N) is 3. The second-order valence-corrected chi connectivity index (χ2v) is 12.5. The number of oxazole rings is 1. The van der Waals surface area contributed by atoms with Gasteiger partial charge in [-0.3, -0.25) is 0 Å². The molecule has 8 nitrogen and oxygen atoms in total. The maximum absolute atomic E-state index is 14.6. The molecule has 0 radical (unpaired) electrons. The Morgan fingerprint density at radius 3 is 2.43 bits per heavy atom. The van der Waals surface area contributed by atoms with E-state index in [4.69, 9.17) is 13.9 Å². The van der Waals surface area contributed by atoms with Crippen molar-refractivity contribution in [3.63, 3.8) is 0 Å². The number of aliphatic hydroxyl groups excluding tert-OH is 1. The number of hydrogen-bond donors (Lipinski definition) is 1. The molecule has 238 valence electrons. The fraction of sp³-hybridized carbons (Fsp3) is 0.515.